The summed E-state index contributed by atoms with van der Waals surface area (Å²) in [6.07, 6.45) is 5.55. The summed E-state index contributed by atoms with van der Waals surface area (Å²) in [7, 11) is 0. The molecule has 0 heterocycles. The first kappa shape index (κ1) is 24.9. The van der Waals surface area contributed by atoms with E-state index in [4.69, 9.17) is 18.9 Å². The quantitative estimate of drug-likeness (QED) is 0.318. The average Bonchev–Trinajstić information content (AvgIpc) is 2.62. The highest BCUT2D eigenvalue weighted by molar-refractivity contribution is 5.92. The molecule has 0 aliphatic heterocycles. The van der Waals surface area contributed by atoms with Crippen molar-refractivity contribution >= 4 is 11.9 Å². The Balaban J connectivity index is 5.30. The predicted molar refractivity (Wildman–Crippen MR) is 101 cm³/mol. The Morgan fingerprint density at radius 2 is 1.00 bits per heavy atom. The second-order valence-corrected chi connectivity index (χ2v) is 6.62. The number of esters is 2. The van der Waals surface area contributed by atoms with Crippen LogP contribution in [0.2, 0.25) is 0 Å². The van der Waals surface area contributed by atoms with Crippen LogP contribution in [0.5, 0.6) is 0 Å². The molecule has 0 radical (unpaired) electrons. The zero-order chi connectivity index (χ0) is 20.1. The van der Waals surface area contributed by atoms with Gasteiger partial charge in [0.25, 0.3) is 0 Å². The molecule has 2 unspecified atom stereocenters. The third-order valence-electron chi connectivity index (χ3n) is 4.52. The topological polar surface area (TPSA) is 71.1 Å². The minimum atomic E-state index is -1.58. The lowest BCUT2D eigenvalue weighted by Crippen LogP contribution is -2.64. The van der Waals surface area contributed by atoms with E-state index in [1.807, 2.05) is 0 Å². The lowest BCUT2D eigenvalue weighted by molar-refractivity contribution is -0.226. The van der Waals surface area contributed by atoms with Crippen LogP contribution in [0.25, 0.3) is 0 Å². The lowest BCUT2D eigenvalue weighted by Gasteiger charge is -2.41. The molecule has 0 saturated carbocycles. The fraction of sp³-hybridized carbons (Fsp3) is 0.900. The number of ether oxygens (including phenoxy) is 4. The van der Waals surface area contributed by atoms with Crippen LogP contribution in [0.15, 0.2) is 0 Å². The van der Waals surface area contributed by atoms with Crippen LogP contribution in [-0.2, 0) is 28.5 Å². The van der Waals surface area contributed by atoms with Gasteiger partial charge in [-0.15, -0.1) is 0 Å². The van der Waals surface area contributed by atoms with Crippen LogP contribution in [0, 0.1) is 0 Å². The molecule has 0 fully saturated rings. The average molecular weight is 375 g/mol. The van der Waals surface area contributed by atoms with Gasteiger partial charge in [-0.1, -0.05) is 39.5 Å². The Morgan fingerprint density at radius 1 is 0.654 bits per heavy atom. The molecular weight excluding hydrogens is 336 g/mol. The summed E-state index contributed by atoms with van der Waals surface area (Å²) in [6, 6.07) is 0. The van der Waals surface area contributed by atoms with E-state index in [0.717, 1.165) is 38.5 Å². The Bertz CT molecular complexity index is 373. The molecule has 6 nitrogen and oxygen atoms in total. The molecule has 0 rings (SSSR count). The zero-order valence-corrected chi connectivity index (χ0v) is 17.5. The van der Waals surface area contributed by atoms with Gasteiger partial charge in [-0.05, 0) is 40.5 Å². The van der Waals surface area contributed by atoms with Crippen molar-refractivity contribution in [2.24, 2.45) is 0 Å². The number of hydrogen-bond acceptors (Lipinski definition) is 6. The van der Waals surface area contributed by atoms with Gasteiger partial charge in [-0.25, -0.2) is 9.59 Å². The van der Waals surface area contributed by atoms with Crippen molar-refractivity contribution in [3.05, 3.63) is 0 Å². The maximum atomic E-state index is 12.8. The maximum Gasteiger partial charge on any atom is 0.341 e. The monoisotopic (exact) mass is 374 g/mol. The standard InChI is InChI=1S/C20H38O6/c1-7-11-13-15-23-17(21)19(5,25-9-3)20(6,26-10-4)18(22)24-16-14-12-8-2/h7-16H2,1-6H3. The van der Waals surface area contributed by atoms with Crippen LogP contribution in [0.1, 0.15) is 80.1 Å². The molecular formula is C20H38O6. The predicted octanol–water partition coefficient (Wildman–Crippen LogP) is 4.04. The van der Waals surface area contributed by atoms with E-state index in [-0.39, 0.29) is 13.2 Å². The van der Waals surface area contributed by atoms with Crippen molar-refractivity contribution in [1.82, 2.24) is 0 Å². The fourth-order valence-electron chi connectivity index (χ4n) is 2.67. The fourth-order valence-corrected chi connectivity index (χ4v) is 2.67. The number of unbranched alkanes of at least 4 members (excludes halogenated alkanes) is 4. The molecule has 6 heteroatoms. The van der Waals surface area contributed by atoms with E-state index < -0.39 is 23.1 Å². The molecule has 0 saturated heterocycles. The summed E-state index contributed by atoms with van der Waals surface area (Å²) in [5.74, 6) is -1.20. The van der Waals surface area contributed by atoms with Crippen molar-refractivity contribution in [2.45, 2.75) is 91.3 Å². The van der Waals surface area contributed by atoms with Crippen LogP contribution >= 0.6 is 0 Å². The van der Waals surface area contributed by atoms with E-state index in [1.165, 1.54) is 0 Å². The van der Waals surface area contributed by atoms with E-state index in [9.17, 15) is 9.59 Å². The highest BCUT2D eigenvalue weighted by atomic mass is 16.6. The normalized spacial score (nSPS) is 15.8. The maximum absolute atomic E-state index is 12.8. The molecule has 26 heavy (non-hydrogen) atoms. The zero-order valence-electron chi connectivity index (χ0n) is 17.5. The van der Waals surface area contributed by atoms with Crippen LogP contribution in [-0.4, -0.2) is 49.6 Å². The molecule has 2 atom stereocenters. The van der Waals surface area contributed by atoms with Crippen molar-refractivity contribution in [2.75, 3.05) is 26.4 Å². The Labute approximate surface area is 158 Å². The minimum Gasteiger partial charge on any atom is -0.463 e. The van der Waals surface area contributed by atoms with Gasteiger partial charge in [0.1, 0.15) is 0 Å². The number of carbonyl (C=O) groups excluding carboxylic acids is 2. The molecule has 0 bridgehead atoms. The van der Waals surface area contributed by atoms with Crippen molar-refractivity contribution < 1.29 is 28.5 Å². The Morgan fingerprint density at radius 3 is 1.27 bits per heavy atom. The Hall–Kier alpha value is -1.14. The highest BCUT2D eigenvalue weighted by Gasteiger charge is 2.59. The van der Waals surface area contributed by atoms with Crippen molar-refractivity contribution in [3.8, 4) is 0 Å². The molecule has 0 aromatic rings. The molecule has 0 aromatic heterocycles. The lowest BCUT2D eigenvalue weighted by atomic mass is 9.85. The van der Waals surface area contributed by atoms with Gasteiger partial charge in [-0.3, -0.25) is 0 Å². The SMILES string of the molecule is CCCCCOC(=O)C(C)(OCC)C(C)(OCC)C(=O)OCCCCC. The third-order valence-corrected chi connectivity index (χ3v) is 4.52. The summed E-state index contributed by atoms with van der Waals surface area (Å²) < 4.78 is 22.2. The molecule has 0 amide bonds. The van der Waals surface area contributed by atoms with Crippen molar-refractivity contribution in [3.63, 3.8) is 0 Å². The number of carbonyl (C=O) groups is 2. The molecule has 0 N–H and O–H groups in total. The molecule has 0 aromatic carbocycles. The number of hydrogen-bond donors (Lipinski definition) is 0. The third kappa shape index (κ3) is 6.88. The smallest absolute Gasteiger partial charge is 0.341 e. The molecule has 154 valence electrons. The van der Waals surface area contributed by atoms with Crippen LogP contribution in [0.4, 0.5) is 0 Å². The van der Waals surface area contributed by atoms with Gasteiger partial charge >= 0.3 is 11.9 Å². The van der Waals surface area contributed by atoms with Crippen LogP contribution < -0.4 is 0 Å². The first-order valence-corrected chi connectivity index (χ1v) is 9.96. The second-order valence-electron chi connectivity index (χ2n) is 6.62. The molecule has 0 spiro atoms. The summed E-state index contributed by atoms with van der Waals surface area (Å²) in [5, 5.41) is 0. The van der Waals surface area contributed by atoms with E-state index in [0.29, 0.717) is 13.2 Å². The summed E-state index contributed by atoms with van der Waals surface area (Å²) in [6.45, 7) is 11.8. The Kier molecular flexibility index (Phi) is 12.5. The van der Waals surface area contributed by atoms with E-state index in [2.05, 4.69) is 13.8 Å². The van der Waals surface area contributed by atoms with Gasteiger partial charge < -0.3 is 18.9 Å². The van der Waals surface area contributed by atoms with Gasteiger partial charge in [0.2, 0.25) is 11.2 Å². The second kappa shape index (κ2) is 13.1. The largest absolute Gasteiger partial charge is 0.463 e. The van der Waals surface area contributed by atoms with Gasteiger partial charge in [0.15, 0.2) is 0 Å². The van der Waals surface area contributed by atoms with Crippen molar-refractivity contribution in [1.29, 1.82) is 0 Å². The van der Waals surface area contributed by atoms with Gasteiger partial charge in [0, 0.05) is 13.2 Å². The minimum absolute atomic E-state index is 0.242. The summed E-state index contributed by atoms with van der Waals surface area (Å²) in [4.78, 5) is 25.6. The molecule has 0 aliphatic rings. The molecule has 0 aliphatic carbocycles. The van der Waals surface area contributed by atoms with E-state index >= 15 is 0 Å². The number of rotatable bonds is 15. The summed E-state index contributed by atoms with van der Waals surface area (Å²) >= 11 is 0. The first-order chi connectivity index (χ1) is 12.3. The first-order valence-electron chi connectivity index (χ1n) is 9.96. The van der Waals surface area contributed by atoms with E-state index in [1.54, 1.807) is 27.7 Å². The highest BCUT2D eigenvalue weighted by Crippen LogP contribution is 2.33. The van der Waals surface area contributed by atoms with Crippen LogP contribution in [0.3, 0.4) is 0 Å². The van der Waals surface area contributed by atoms with Gasteiger partial charge in [-0.2, -0.15) is 0 Å². The van der Waals surface area contributed by atoms with Gasteiger partial charge in [0.05, 0.1) is 13.2 Å². The summed E-state index contributed by atoms with van der Waals surface area (Å²) in [5.41, 5.74) is -3.16.